The molecule has 0 amide bonds. The van der Waals surface area contributed by atoms with Crippen molar-refractivity contribution >= 4 is 16.9 Å². The van der Waals surface area contributed by atoms with E-state index < -0.39 is 40.5 Å². The lowest BCUT2D eigenvalue weighted by Crippen LogP contribution is -2.15. The Balaban J connectivity index is 1.49. The summed E-state index contributed by atoms with van der Waals surface area (Å²) in [5.41, 5.74) is 0.0610. The zero-order chi connectivity index (χ0) is 26.9. The van der Waals surface area contributed by atoms with Gasteiger partial charge in [-0.25, -0.2) is 9.18 Å². The van der Waals surface area contributed by atoms with Crippen molar-refractivity contribution in [2.75, 3.05) is 0 Å². The third-order valence-corrected chi connectivity index (χ3v) is 5.53. The second kappa shape index (κ2) is 9.85. The molecule has 0 bridgehead atoms. The summed E-state index contributed by atoms with van der Waals surface area (Å²) in [7, 11) is 0. The fraction of sp³-hybridized carbons (Fsp3) is 0.0345. The first-order chi connectivity index (χ1) is 18.2. The number of hydrogen-bond donors (Lipinski definition) is 0. The average Bonchev–Trinajstić information content (AvgIpc) is 2.90. The molecule has 0 unspecified atom stereocenters. The van der Waals surface area contributed by atoms with Gasteiger partial charge >= 0.3 is 12.1 Å². The Kier molecular flexibility index (Phi) is 6.42. The number of halogens is 4. The van der Waals surface area contributed by atoms with Crippen LogP contribution >= 0.6 is 0 Å². The smallest absolute Gasteiger partial charge is 0.449 e. The first-order valence-electron chi connectivity index (χ1n) is 11.2. The molecular formula is C29H16F4O5. The second-order valence-electron chi connectivity index (χ2n) is 8.14. The van der Waals surface area contributed by atoms with Crippen LogP contribution in [0.15, 0.2) is 106 Å². The standard InChI is InChI=1S/C29H16F4O5/c30-20-8-4-7-19(15-20)28(35)37-22-13-14-23-24(16-22)38-27(29(31,32)33)26(25(23)34)36-21-11-9-18(10-12-21)17-5-2-1-3-6-17/h1-16H. The van der Waals surface area contributed by atoms with Crippen molar-refractivity contribution in [3.05, 3.63) is 124 Å². The predicted molar refractivity (Wildman–Crippen MR) is 131 cm³/mol. The fourth-order valence-electron chi connectivity index (χ4n) is 3.74. The van der Waals surface area contributed by atoms with E-state index in [1.165, 1.54) is 30.3 Å². The average molecular weight is 520 g/mol. The van der Waals surface area contributed by atoms with Gasteiger partial charge in [0.2, 0.25) is 11.2 Å². The molecule has 0 saturated heterocycles. The molecule has 38 heavy (non-hydrogen) atoms. The van der Waals surface area contributed by atoms with Gasteiger partial charge in [0, 0.05) is 6.07 Å². The van der Waals surface area contributed by atoms with Crippen LogP contribution in [-0.4, -0.2) is 5.97 Å². The van der Waals surface area contributed by atoms with Gasteiger partial charge in [0.05, 0.1) is 10.9 Å². The monoisotopic (exact) mass is 520 g/mol. The van der Waals surface area contributed by atoms with Gasteiger partial charge in [0.1, 0.15) is 22.9 Å². The van der Waals surface area contributed by atoms with Crippen LogP contribution in [0.2, 0.25) is 0 Å². The van der Waals surface area contributed by atoms with Crippen LogP contribution in [-0.2, 0) is 6.18 Å². The summed E-state index contributed by atoms with van der Waals surface area (Å²) in [6.07, 6.45) is -5.07. The lowest BCUT2D eigenvalue weighted by molar-refractivity contribution is -0.154. The van der Waals surface area contributed by atoms with Gasteiger partial charge in [0.15, 0.2) is 0 Å². The molecule has 0 radical (unpaired) electrons. The van der Waals surface area contributed by atoms with Gasteiger partial charge in [-0.3, -0.25) is 4.79 Å². The molecule has 0 aliphatic heterocycles. The van der Waals surface area contributed by atoms with Gasteiger partial charge in [-0.1, -0.05) is 48.5 Å². The van der Waals surface area contributed by atoms with Crippen LogP contribution < -0.4 is 14.9 Å². The molecule has 190 valence electrons. The van der Waals surface area contributed by atoms with Crippen LogP contribution in [0.4, 0.5) is 17.6 Å². The highest BCUT2D eigenvalue weighted by Crippen LogP contribution is 2.39. The van der Waals surface area contributed by atoms with Gasteiger partial charge in [-0.15, -0.1) is 0 Å². The summed E-state index contributed by atoms with van der Waals surface area (Å²) in [5.74, 6) is -4.48. The molecule has 9 heteroatoms. The van der Waals surface area contributed by atoms with Crippen LogP contribution in [0.5, 0.6) is 17.2 Å². The maximum atomic E-state index is 13.9. The number of rotatable bonds is 5. The maximum absolute atomic E-state index is 13.9. The zero-order valence-corrected chi connectivity index (χ0v) is 19.3. The summed E-state index contributed by atoms with van der Waals surface area (Å²) < 4.78 is 70.6. The molecule has 0 N–H and O–H groups in total. The quantitative estimate of drug-likeness (QED) is 0.135. The minimum atomic E-state index is -5.07. The van der Waals surface area contributed by atoms with Crippen molar-refractivity contribution < 1.29 is 36.2 Å². The van der Waals surface area contributed by atoms with Crippen LogP contribution in [0.3, 0.4) is 0 Å². The highest BCUT2D eigenvalue weighted by Gasteiger charge is 2.40. The highest BCUT2D eigenvalue weighted by molar-refractivity contribution is 5.91. The topological polar surface area (TPSA) is 65.7 Å². The SMILES string of the molecule is O=C(Oc1ccc2c(=O)c(Oc3ccc(-c4ccccc4)cc3)c(C(F)(F)F)oc2c1)c1cccc(F)c1. The van der Waals surface area contributed by atoms with Crippen molar-refractivity contribution in [2.24, 2.45) is 0 Å². The minimum absolute atomic E-state index is 0.00229. The Morgan fingerprint density at radius 1 is 0.763 bits per heavy atom. The molecule has 0 fully saturated rings. The fourth-order valence-corrected chi connectivity index (χ4v) is 3.74. The van der Waals surface area contributed by atoms with Crippen molar-refractivity contribution in [2.45, 2.75) is 6.18 Å². The van der Waals surface area contributed by atoms with Crippen LogP contribution in [0.25, 0.3) is 22.1 Å². The molecule has 4 aromatic carbocycles. The first kappa shape index (κ1) is 24.8. The van der Waals surface area contributed by atoms with Crippen molar-refractivity contribution in [3.8, 4) is 28.4 Å². The van der Waals surface area contributed by atoms with E-state index in [1.807, 2.05) is 30.3 Å². The number of hydrogen-bond acceptors (Lipinski definition) is 5. The minimum Gasteiger partial charge on any atom is -0.449 e. The largest absolute Gasteiger partial charge is 0.453 e. The van der Waals surface area contributed by atoms with E-state index in [9.17, 15) is 27.2 Å². The van der Waals surface area contributed by atoms with Crippen LogP contribution in [0.1, 0.15) is 16.1 Å². The van der Waals surface area contributed by atoms with Crippen LogP contribution in [0, 0.1) is 5.82 Å². The lowest BCUT2D eigenvalue weighted by atomic mass is 10.1. The van der Waals surface area contributed by atoms with Gasteiger partial charge < -0.3 is 13.9 Å². The Hall–Kier alpha value is -4.92. The van der Waals surface area contributed by atoms with Crippen molar-refractivity contribution in [1.29, 1.82) is 0 Å². The second-order valence-corrected chi connectivity index (χ2v) is 8.14. The molecular weight excluding hydrogens is 504 g/mol. The van der Waals surface area contributed by atoms with Crippen molar-refractivity contribution in [3.63, 3.8) is 0 Å². The molecule has 0 spiro atoms. The number of carbonyl (C=O) groups is 1. The molecule has 5 nitrogen and oxygen atoms in total. The Bertz CT molecular complexity index is 1690. The van der Waals surface area contributed by atoms with E-state index >= 15 is 0 Å². The predicted octanol–water partition coefficient (Wildman–Crippen LogP) is 7.63. The number of carbonyl (C=O) groups excluding carboxylic acids is 1. The number of ether oxygens (including phenoxy) is 2. The molecule has 0 aliphatic rings. The van der Waals surface area contributed by atoms with Crippen molar-refractivity contribution in [1.82, 2.24) is 0 Å². The molecule has 5 aromatic rings. The summed E-state index contributed by atoms with van der Waals surface area (Å²) in [6, 6.07) is 23.5. The van der Waals surface area contributed by atoms with E-state index in [4.69, 9.17) is 13.9 Å². The normalized spacial score (nSPS) is 11.4. The first-order valence-corrected chi connectivity index (χ1v) is 11.2. The highest BCUT2D eigenvalue weighted by atomic mass is 19.4. The summed E-state index contributed by atoms with van der Waals surface area (Å²) in [6.45, 7) is 0. The number of esters is 1. The van der Waals surface area contributed by atoms with Gasteiger partial charge in [0.25, 0.3) is 5.76 Å². The Morgan fingerprint density at radius 2 is 1.45 bits per heavy atom. The van der Waals surface area contributed by atoms with E-state index in [-0.39, 0.29) is 22.4 Å². The third-order valence-electron chi connectivity index (χ3n) is 5.53. The number of benzene rings is 4. The van der Waals surface area contributed by atoms with E-state index in [1.54, 1.807) is 12.1 Å². The van der Waals surface area contributed by atoms with E-state index in [0.717, 1.165) is 35.4 Å². The Morgan fingerprint density at radius 3 is 2.13 bits per heavy atom. The molecule has 0 aliphatic carbocycles. The summed E-state index contributed by atoms with van der Waals surface area (Å²) in [4.78, 5) is 25.3. The molecule has 5 rings (SSSR count). The third kappa shape index (κ3) is 5.12. The van der Waals surface area contributed by atoms with E-state index in [0.29, 0.717) is 0 Å². The summed E-state index contributed by atoms with van der Waals surface area (Å²) in [5, 5.41) is -0.223. The molecule has 1 aromatic heterocycles. The molecule has 1 heterocycles. The summed E-state index contributed by atoms with van der Waals surface area (Å²) >= 11 is 0. The van der Waals surface area contributed by atoms with Gasteiger partial charge in [-0.2, -0.15) is 13.2 Å². The Labute approximate surface area is 212 Å². The number of alkyl halides is 3. The zero-order valence-electron chi connectivity index (χ0n) is 19.3. The molecule has 0 atom stereocenters. The maximum Gasteiger partial charge on any atom is 0.453 e. The van der Waals surface area contributed by atoms with Gasteiger partial charge in [-0.05, 0) is 53.6 Å². The lowest BCUT2D eigenvalue weighted by Gasteiger charge is -2.14. The van der Waals surface area contributed by atoms with E-state index in [2.05, 4.69) is 0 Å². The molecule has 0 saturated carbocycles. The number of fused-ring (bicyclic) bond motifs is 1.